The molecule has 3 aliphatic rings. The number of benzene rings is 1. The average Bonchev–Trinajstić information content (AvgIpc) is 2.96. The second kappa shape index (κ2) is 4.64. The highest BCUT2D eigenvalue weighted by molar-refractivity contribution is 6.05. The molecular formula is C16H17N3O3. The molecule has 1 fully saturated rings. The first kappa shape index (κ1) is 13.5. The van der Waals surface area contributed by atoms with Crippen molar-refractivity contribution in [1.82, 2.24) is 15.1 Å². The summed E-state index contributed by atoms with van der Waals surface area (Å²) in [6.07, 6.45) is 0.699. The minimum absolute atomic E-state index is 0.0955. The minimum Gasteiger partial charge on any atom is -0.322 e. The van der Waals surface area contributed by atoms with Crippen molar-refractivity contribution >= 4 is 17.7 Å². The number of nitrogens with zero attached hydrogens (tertiary/aromatic N) is 2. The van der Waals surface area contributed by atoms with Gasteiger partial charge in [-0.05, 0) is 36.2 Å². The Morgan fingerprint density at radius 3 is 2.50 bits per heavy atom. The predicted molar refractivity (Wildman–Crippen MR) is 77.7 cm³/mol. The number of hydrogen-bond acceptors (Lipinski definition) is 4. The van der Waals surface area contributed by atoms with E-state index >= 15 is 0 Å². The number of hydrogen-bond donors (Lipinski definition) is 1. The summed E-state index contributed by atoms with van der Waals surface area (Å²) in [5.74, 6) is -0.709. The van der Waals surface area contributed by atoms with Crippen molar-refractivity contribution in [2.45, 2.75) is 38.5 Å². The molecule has 0 saturated carbocycles. The standard InChI is InChI=1S/C16H17N3O3/c1-18-6-9-4-11-8-19(13-2-3-14(20)17-15(13)21)16(22)12(11)5-10(9)7-18/h4-5,13H,2-3,6-8H2,1H3,(H,17,20,21)/t13-/m0/s1. The summed E-state index contributed by atoms with van der Waals surface area (Å²) < 4.78 is 0. The molecule has 3 aliphatic heterocycles. The molecule has 1 saturated heterocycles. The summed E-state index contributed by atoms with van der Waals surface area (Å²) in [7, 11) is 2.06. The van der Waals surface area contributed by atoms with Crippen molar-refractivity contribution in [3.05, 3.63) is 34.4 Å². The van der Waals surface area contributed by atoms with Gasteiger partial charge in [-0.3, -0.25) is 24.6 Å². The van der Waals surface area contributed by atoms with Crippen LogP contribution in [0.25, 0.3) is 0 Å². The van der Waals surface area contributed by atoms with Gasteiger partial charge in [0.15, 0.2) is 0 Å². The monoisotopic (exact) mass is 299 g/mol. The van der Waals surface area contributed by atoms with Gasteiger partial charge in [0.05, 0.1) is 0 Å². The SMILES string of the molecule is CN1Cc2cc3c(cc2C1)C(=O)N([C@H]1CCC(=O)NC1=O)C3. The molecule has 6 heteroatoms. The fraction of sp³-hybridized carbons (Fsp3) is 0.438. The summed E-state index contributed by atoms with van der Waals surface area (Å²) in [5, 5.41) is 2.33. The maximum Gasteiger partial charge on any atom is 0.255 e. The van der Waals surface area contributed by atoms with Crippen LogP contribution in [0.15, 0.2) is 12.1 Å². The Labute approximate surface area is 128 Å². The van der Waals surface area contributed by atoms with Gasteiger partial charge in [-0.1, -0.05) is 6.07 Å². The van der Waals surface area contributed by atoms with E-state index in [-0.39, 0.29) is 24.1 Å². The minimum atomic E-state index is -0.532. The molecule has 1 aromatic carbocycles. The molecule has 1 aromatic rings. The number of imide groups is 1. The Kier molecular flexibility index (Phi) is 2.84. The van der Waals surface area contributed by atoms with E-state index in [1.165, 1.54) is 11.1 Å². The normalized spacial score (nSPS) is 24.5. The highest BCUT2D eigenvalue weighted by Gasteiger charge is 2.39. The number of amides is 3. The van der Waals surface area contributed by atoms with Crippen LogP contribution in [0.4, 0.5) is 0 Å². The van der Waals surface area contributed by atoms with Gasteiger partial charge in [-0.15, -0.1) is 0 Å². The molecule has 0 spiro atoms. The summed E-state index contributed by atoms with van der Waals surface area (Å²) in [6.45, 7) is 2.21. The van der Waals surface area contributed by atoms with Gasteiger partial charge in [0.25, 0.3) is 5.91 Å². The highest BCUT2D eigenvalue weighted by Crippen LogP contribution is 2.32. The molecule has 3 amide bonds. The van der Waals surface area contributed by atoms with Gasteiger partial charge in [0.1, 0.15) is 6.04 Å². The first-order valence-electron chi connectivity index (χ1n) is 7.51. The number of carbonyl (C=O) groups is 3. The zero-order valence-corrected chi connectivity index (χ0v) is 12.4. The van der Waals surface area contributed by atoms with Crippen LogP contribution < -0.4 is 5.32 Å². The van der Waals surface area contributed by atoms with Crippen molar-refractivity contribution < 1.29 is 14.4 Å². The molecule has 0 unspecified atom stereocenters. The van der Waals surface area contributed by atoms with Crippen molar-refractivity contribution in [2.75, 3.05) is 7.05 Å². The number of fused-ring (bicyclic) bond motifs is 2. The fourth-order valence-corrected chi connectivity index (χ4v) is 3.64. The lowest BCUT2D eigenvalue weighted by atomic mass is 10.0. The third-order valence-corrected chi connectivity index (χ3v) is 4.72. The quantitative estimate of drug-likeness (QED) is 0.762. The van der Waals surface area contributed by atoms with Crippen LogP contribution >= 0.6 is 0 Å². The van der Waals surface area contributed by atoms with Gasteiger partial charge in [0.2, 0.25) is 11.8 Å². The van der Waals surface area contributed by atoms with Crippen LogP contribution in [0, 0.1) is 0 Å². The molecule has 1 atom stereocenters. The van der Waals surface area contributed by atoms with Crippen molar-refractivity contribution in [3.8, 4) is 0 Å². The molecular weight excluding hydrogens is 282 g/mol. The van der Waals surface area contributed by atoms with Crippen molar-refractivity contribution in [2.24, 2.45) is 0 Å². The Morgan fingerprint density at radius 2 is 1.77 bits per heavy atom. The molecule has 0 bridgehead atoms. The van der Waals surface area contributed by atoms with Crippen LogP contribution in [-0.2, 0) is 29.2 Å². The van der Waals surface area contributed by atoms with Crippen LogP contribution in [0.3, 0.4) is 0 Å². The Balaban J connectivity index is 1.63. The van der Waals surface area contributed by atoms with E-state index in [9.17, 15) is 14.4 Å². The topological polar surface area (TPSA) is 69.7 Å². The molecule has 0 aliphatic carbocycles. The predicted octanol–water partition coefficient (Wildman–Crippen LogP) is 0.393. The van der Waals surface area contributed by atoms with Crippen LogP contribution in [0.5, 0.6) is 0 Å². The molecule has 0 radical (unpaired) electrons. The second-order valence-corrected chi connectivity index (χ2v) is 6.35. The lowest BCUT2D eigenvalue weighted by Crippen LogP contribution is -2.52. The van der Waals surface area contributed by atoms with Gasteiger partial charge in [-0.2, -0.15) is 0 Å². The van der Waals surface area contributed by atoms with E-state index in [1.807, 2.05) is 6.07 Å². The highest BCUT2D eigenvalue weighted by atomic mass is 16.2. The summed E-state index contributed by atoms with van der Waals surface area (Å²) in [6, 6.07) is 3.54. The van der Waals surface area contributed by atoms with E-state index in [4.69, 9.17) is 0 Å². The van der Waals surface area contributed by atoms with Crippen molar-refractivity contribution in [1.29, 1.82) is 0 Å². The Morgan fingerprint density at radius 1 is 1.05 bits per heavy atom. The summed E-state index contributed by atoms with van der Waals surface area (Å²) in [4.78, 5) is 39.7. The third-order valence-electron chi connectivity index (χ3n) is 4.72. The second-order valence-electron chi connectivity index (χ2n) is 6.35. The maximum absolute atomic E-state index is 12.7. The molecule has 4 rings (SSSR count). The summed E-state index contributed by atoms with van der Waals surface area (Å²) >= 11 is 0. The van der Waals surface area contributed by atoms with Crippen LogP contribution in [0.2, 0.25) is 0 Å². The molecule has 1 N–H and O–H groups in total. The summed E-state index contributed by atoms with van der Waals surface area (Å²) in [5.41, 5.74) is 4.15. The molecule has 114 valence electrons. The molecule has 0 aromatic heterocycles. The van der Waals surface area contributed by atoms with Gasteiger partial charge in [0, 0.05) is 31.6 Å². The van der Waals surface area contributed by atoms with E-state index < -0.39 is 6.04 Å². The molecule has 22 heavy (non-hydrogen) atoms. The van der Waals surface area contributed by atoms with E-state index in [0.29, 0.717) is 18.5 Å². The van der Waals surface area contributed by atoms with Crippen LogP contribution in [-0.4, -0.2) is 40.6 Å². The number of piperidine rings is 1. The largest absolute Gasteiger partial charge is 0.322 e. The van der Waals surface area contributed by atoms with Gasteiger partial charge < -0.3 is 4.90 Å². The van der Waals surface area contributed by atoms with E-state index in [2.05, 4.69) is 23.3 Å². The average molecular weight is 299 g/mol. The van der Waals surface area contributed by atoms with Crippen molar-refractivity contribution in [3.63, 3.8) is 0 Å². The number of rotatable bonds is 1. The number of carbonyl (C=O) groups excluding carboxylic acids is 3. The number of nitrogens with one attached hydrogen (secondary N) is 1. The van der Waals surface area contributed by atoms with E-state index in [0.717, 1.165) is 18.7 Å². The zero-order valence-electron chi connectivity index (χ0n) is 12.4. The first-order chi connectivity index (χ1) is 10.5. The maximum atomic E-state index is 12.7. The van der Waals surface area contributed by atoms with Gasteiger partial charge >= 0.3 is 0 Å². The Hall–Kier alpha value is -2.21. The fourth-order valence-electron chi connectivity index (χ4n) is 3.64. The molecule has 3 heterocycles. The van der Waals surface area contributed by atoms with Gasteiger partial charge in [-0.25, -0.2) is 0 Å². The third kappa shape index (κ3) is 1.94. The smallest absolute Gasteiger partial charge is 0.255 e. The molecule has 6 nitrogen and oxygen atoms in total. The first-order valence-corrected chi connectivity index (χ1v) is 7.51. The lowest BCUT2D eigenvalue weighted by Gasteiger charge is -2.29. The van der Waals surface area contributed by atoms with Crippen LogP contribution in [0.1, 0.15) is 39.9 Å². The lowest BCUT2D eigenvalue weighted by molar-refractivity contribution is -0.136. The zero-order chi connectivity index (χ0) is 15.4. The Bertz CT molecular complexity index is 713. The van der Waals surface area contributed by atoms with E-state index in [1.54, 1.807) is 4.90 Å².